The lowest BCUT2D eigenvalue weighted by atomic mass is 10.0. The molecule has 2 N–H and O–H groups in total. The van der Waals surface area contributed by atoms with Crippen molar-refractivity contribution in [3.05, 3.63) is 29.6 Å². The van der Waals surface area contributed by atoms with Crippen LogP contribution in [0, 0.1) is 6.92 Å². The number of anilines is 1. The van der Waals surface area contributed by atoms with Crippen LogP contribution in [0.15, 0.2) is 23.3 Å². The standard InChI is InChI=1S/C11H13N3/c1-7-5-9(6-13-7)10-3-4-11(12)14-8(10)2/h3-4,6H,5H2,1-2H3,(H2,12,14). The molecule has 72 valence electrons. The number of pyridine rings is 1. The first-order valence-corrected chi connectivity index (χ1v) is 4.62. The number of rotatable bonds is 1. The van der Waals surface area contributed by atoms with Gasteiger partial charge >= 0.3 is 0 Å². The Morgan fingerprint density at radius 2 is 2.07 bits per heavy atom. The van der Waals surface area contributed by atoms with Crippen molar-refractivity contribution in [2.24, 2.45) is 4.99 Å². The summed E-state index contributed by atoms with van der Waals surface area (Å²) < 4.78 is 0. The molecule has 1 aromatic heterocycles. The quantitative estimate of drug-likeness (QED) is 0.732. The number of nitrogens with zero attached hydrogens (tertiary/aromatic N) is 2. The van der Waals surface area contributed by atoms with Gasteiger partial charge in [0.25, 0.3) is 0 Å². The van der Waals surface area contributed by atoms with Crippen molar-refractivity contribution >= 4 is 17.1 Å². The lowest BCUT2D eigenvalue weighted by Gasteiger charge is -2.06. The van der Waals surface area contributed by atoms with Crippen molar-refractivity contribution < 1.29 is 0 Å². The maximum atomic E-state index is 5.59. The van der Waals surface area contributed by atoms with E-state index in [1.807, 2.05) is 32.2 Å². The smallest absolute Gasteiger partial charge is 0.123 e. The Bertz CT molecular complexity index is 430. The predicted molar refractivity (Wildman–Crippen MR) is 59.1 cm³/mol. The summed E-state index contributed by atoms with van der Waals surface area (Å²) in [5.74, 6) is 0.572. The van der Waals surface area contributed by atoms with E-state index in [0.717, 1.165) is 23.4 Å². The van der Waals surface area contributed by atoms with Gasteiger partial charge in [0.05, 0.1) is 0 Å². The van der Waals surface area contributed by atoms with E-state index in [1.54, 1.807) is 0 Å². The number of hydrogen-bond acceptors (Lipinski definition) is 3. The van der Waals surface area contributed by atoms with Crippen molar-refractivity contribution in [3.63, 3.8) is 0 Å². The Labute approximate surface area is 83.4 Å². The molecule has 3 nitrogen and oxygen atoms in total. The number of hydrogen-bond donors (Lipinski definition) is 1. The summed E-state index contributed by atoms with van der Waals surface area (Å²) in [6.45, 7) is 4.00. The van der Waals surface area contributed by atoms with Crippen LogP contribution < -0.4 is 5.73 Å². The highest BCUT2D eigenvalue weighted by Crippen LogP contribution is 2.25. The summed E-state index contributed by atoms with van der Waals surface area (Å²) in [5, 5.41) is 0. The first-order chi connectivity index (χ1) is 6.66. The molecule has 14 heavy (non-hydrogen) atoms. The van der Waals surface area contributed by atoms with E-state index < -0.39 is 0 Å². The highest BCUT2D eigenvalue weighted by atomic mass is 14.8. The fourth-order valence-electron chi connectivity index (χ4n) is 1.64. The summed E-state index contributed by atoms with van der Waals surface area (Å²) in [7, 11) is 0. The fourth-order valence-corrected chi connectivity index (χ4v) is 1.64. The monoisotopic (exact) mass is 187 g/mol. The van der Waals surface area contributed by atoms with Gasteiger partial charge in [-0.25, -0.2) is 4.98 Å². The molecule has 0 saturated heterocycles. The van der Waals surface area contributed by atoms with Gasteiger partial charge in [-0.15, -0.1) is 0 Å². The largest absolute Gasteiger partial charge is 0.384 e. The molecule has 0 saturated carbocycles. The fraction of sp³-hybridized carbons (Fsp3) is 0.273. The molecule has 1 aliphatic rings. The molecule has 1 aliphatic heterocycles. The maximum Gasteiger partial charge on any atom is 0.123 e. The summed E-state index contributed by atoms with van der Waals surface area (Å²) >= 11 is 0. The molecule has 0 radical (unpaired) electrons. The Hall–Kier alpha value is -1.64. The van der Waals surface area contributed by atoms with E-state index in [4.69, 9.17) is 5.73 Å². The lowest BCUT2D eigenvalue weighted by molar-refractivity contribution is 1.18. The molecule has 1 aromatic rings. The molecule has 0 atom stereocenters. The number of allylic oxidation sites excluding steroid dienone is 1. The molecular weight excluding hydrogens is 174 g/mol. The van der Waals surface area contributed by atoms with Crippen molar-refractivity contribution in [3.8, 4) is 0 Å². The molecule has 0 bridgehead atoms. The molecule has 0 unspecified atom stereocenters. The van der Waals surface area contributed by atoms with Crippen LogP contribution in [0.5, 0.6) is 0 Å². The van der Waals surface area contributed by atoms with Crippen LogP contribution in [-0.2, 0) is 0 Å². The Kier molecular flexibility index (Phi) is 2.08. The third-order valence-electron chi connectivity index (χ3n) is 2.34. The highest BCUT2D eigenvalue weighted by molar-refractivity contribution is 5.97. The van der Waals surface area contributed by atoms with Gasteiger partial charge in [0, 0.05) is 29.6 Å². The van der Waals surface area contributed by atoms with E-state index in [2.05, 4.69) is 9.98 Å². The van der Waals surface area contributed by atoms with Gasteiger partial charge in [-0.1, -0.05) is 0 Å². The van der Waals surface area contributed by atoms with Crippen LogP contribution in [0.25, 0.3) is 5.57 Å². The average Bonchev–Trinajstić information content (AvgIpc) is 2.51. The van der Waals surface area contributed by atoms with Crippen LogP contribution in [0.3, 0.4) is 0 Å². The summed E-state index contributed by atoms with van der Waals surface area (Å²) in [6.07, 6.45) is 2.84. The highest BCUT2D eigenvalue weighted by Gasteiger charge is 2.11. The van der Waals surface area contributed by atoms with Crippen molar-refractivity contribution in [2.45, 2.75) is 20.3 Å². The maximum absolute atomic E-state index is 5.59. The van der Waals surface area contributed by atoms with Crippen LogP contribution in [0.2, 0.25) is 0 Å². The minimum absolute atomic E-state index is 0.572. The average molecular weight is 187 g/mol. The second kappa shape index (κ2) is 3.25. The van der Waals surface area contributed by atoms with Gasteiger partial charge < -0.3 is 5.73 Å². The molecule has 0 amide bonds. The van der Waals surface area contributed by atoms with Crippen molar-refractivity contribution in [1.29, 1.82) is 0 Å². The minimum atomic E-state index is 0.572. The number of aromatic nitrogens is 1. The van der Waals surface area contributed by atoms with E-state index in [0.29, 0.717) is 5.82 Å². The normalized spacial score (nSPS) is 15.3. The van der Waals surface area contributed by atoms with Crippen LogP contribution in [0.1, 0.15) is 24.6 Å². The van der Waals surface area contributed by atoms with Gasteiger partial charge in [0.2, 0.25) is 0 Å². The van der Waals surface area contributed by atoms with Crippen LogP contribution in [-0.4, -0.2) is 10.7 Å². The van der Waals surface area contributed by atoms with Gasteiger partial charge in [-0.05, 0) is 31.6 Å². The van der Waals surface area contributed by atoms with Crippen LogP contribution in [0.4, 0.5) is 5.82 Å². The molecule has 0 aromatic carbocycles. The summed E-state index contributed by atoms with van der Waals surface area (Å²) in [6, 6.07) is 3.84. The Morgan fingerprint density at radius 1 is 1.29 bits per heavy atom. The second-order valence-electron chi connectivity index (χ2n) is 3.56. The third-order valence-corrected chi connectivity index (χ3v) is 2.34. The summed E-state index contributed by atoms with van der Waals surface area (Å²) in [4.78, 5) is 8.48. The van der Waals surface area contributed by atoms with Gasteiger partial charge in [0.1, 0.15) is 5.82 Å². The number of aryl methyl sites for hydroxylation is 1. The van der Waals surface area contributed by atoms with Gasteiger partial charge in [-0.3, -0.25) is 4.99 Å². The van der Waals surface area contributed by atoms with E-state index in [9.17, 15) is 0 Å². The summed E-state index contributed by atoms with van der Waals surface area (Å²) in [5.41, 5.74) is 10.1. The Balaban J connectivity index is 2.35. The van der Waals surface area contributed by atoms with E-state index in [-0.39, 0.29) is 0 Å². The molecule has 2 rings (SSSR count). The molecular formula is C11H13N3. The number of aliphatic imine (C=N–C) groups is 1. The zero-order chi connectivity index (χ0) is 10.1. The molecule has 0 spiro atoms. The van der Waals surface area contributed by atoms with Crippen LogP contribution >= 0.6 is 0 Å². The SMILES string of the molecule is CC1=NC=C(c2ccc(N)nc2C)C1. The van der Waals surface area contributed by atoms with E-state index in [1.165, 1.54) is 5.57 Å². The predicted octanol–water partition coefficient (Wildman–Crippen LogP) is 2.18. The van der Waals surface area contributed by atoms with Crippen molar-refractivity contribution in [2.75, 3.05) is 5.73 Å². The second-order valence-corrected chi connectivity index (χ2v) is 3.56. The lowest BCUT2D eigenvalue weighted by Crippen LogP contribution is -1.97. The van der Waals surface area contributed by atoms with Gasteiger partial charge in [0.15, 0.2) is 0 Å². The first kappa shape index (κ1) is 8.94. The van der Waals surface area contributed by atoms with Crippen molar-refractivity contribution in [1.82, 2.24) is 4.98 Å². The topological polar surface area (TPSA) is 51.3 Å². The van der Waals surface area contributed by atoms with Gasteiger partial charge in [-0.2, -0.15) is 0 Å². The molecule has 2 heterocycles. The number of nitrogens with two attached hydrogens (primary N) is 1. The first-order valence-electron chi connectivity index (χ1n) is 4.62. The molecule has 0 fully saturated rings. The molecule has 0 aliphatic carbocycles. The van der Waals surface area contributed by atoms with E-state index >= 15 is 0 Å². The minimum Gasteiger partial charge on any atom is -0.384 e. The third kappa shape index (κ3) is 1.53. The Morgan fingerprint density at radius 3 is 2.64 bits per heavy atom. The molecule has 3 heteroatoms. The zero-order valence-corrected chi connectivity index (χ0v) is 8.41. The zero-order valence-electron chi connectivity index (χ0n) is 8.41. The number of nitrogen functional groups attached to an aromatic ring is 1.